The van der Waals surface area contributed by atoms with E-state index in [1.165, 1.54) is 6.07 Å². The van der Waals surface area contributed by atoms with Crippen molar-refractivity contribution in [1.82, 2.24) is 0 Å². The Morgan fingerprint density at radius 3 is 2.62 bits per heavy atom. The number of nitrogens with one attached hydrogen (secondary N) is 2. The first-order chi connectivity index (χ1) is 13.9. The van der Waals surface area contributed by atoms with E-state index in [2.05, 4.69) is 10.0 Å². The molecule has 2 N–H and O–H groups in total. The number of para-hydroxylation sites is 2. The van der Waals surface area contributed by atoms with Crippen LogP contribution in [-0.2, 0) is 21.2 Å². The molecule has 0 aromatic heterocycles. The van der Waals surface area contributed by atoms with Crippen LogP contribution in [0.1, 0.15) is 17.5 Å². The second-order valence-electron chi connectivity index (χ2n) is 6.89. The highest BCUT2D eigenvalue weighted by Crippen LogP contribution is 2.32. The van der Waals surface area contributed by atoms with Crippen LogP contribution in [-0.4, -0.2) is 14.3 Å². The Balaban J connectivity index is 1.61. The summed E-state index contributed by atoms with van der Waals surface area (Å²) in [7, 11) is -3.83. The molecule has 0 radical (unpaired) electrons. The van der Waals surface area contributed by atoms with Gasteiger partial charge in [-0.05, 0) is 66.9 Å². The number of carbonyl (C=O) groups excluding carboxylic acids is 1. The normalized spacial score (nSPS) is 13.3. The maximum atomic E-state index is 13.0. The van der Waals surface area contributed by atoms with Crippen LogP contribution in [0.15, 0.2) is 71.6 Å². The highest BCUT2D eigenvalue weighted by molar-refractivity contribution is 7.92. The number of amides is 1. The van der Waals surface area contributed by atoms with Gasteiger partial charge in [0.05, 0.1) is 10.6 Å². The van der Waals surface area contributed by atoms with Gasteiger partial charge in [-0.15, -0.1) is 0 Å². The lowest BCUT2D eigenvalue weighted by Crippen LogP contribution is -2.20. The third-order valence-electron chi connectivity index (χ3n) is 4.63. The topological polar surface area (TPSA) is 84.5 Å². The monoisotopic (exact) mass is 408 g/mol. The summed E-state index contributed by atoms with van der Waals surface area (Å²) < 4.78 is 34.4. The maximum Gasteiger partial charge on any atom is 0.262 e. The molecule has 7 heteroatoms. The fourth-order valence-corrected chi connectivity index (χ4v) is 4.30. The van der Waals surface area contributed by atoms with Gasteiger partial charge in [-0.1, -0.05) is 24.3 Å². The van der Waals surface area contributed by atoms with Gasteiger partial charge in [0.2, 0.25) is 5.91 Å². The van der Waals surface area contributed by atoms with Gasteiger partial charge in [0.15, 0.2) is 5.75 Å². The number of ether oxygens (including phenoxy) is 1. The molecule has 0 fully saturated rings. The maximum absolute atomic E-state index is 13.0. The standard InChI is InChI=1S/C22H20N2O4S/c1-15-5-4-6-17(13-15)28-21-8-3-2-7-20(21)24-29(26,27)18-10-11-19-16(14-18)9-12-22(25)23-19/h2-8,10-11,13-14,24H,9,12H2,1H3,(H,23,25). The minimum absolute atomic E-state index is 0.0616. The fourth-order valence-electron chi connectivity index (χ4n) is 3.18. The molecular formula is C22H20N2O4S. The van der Waals surface area contributed by atoms with Crippen LogP contribution in [0.25, 0.3) is 0 Å². The first kappa shape index (κ1) is 19.0. The Hall–Kier alpha value is -3.32. The van der Waals surface area contributed by atoms with Gasteiger partial charge in [0, 0.05) is 12.1 Å². The molecule has 1 heterocycles. The van der Waals surface area contributed by atoms with Crippen molar-refractivity contribution in [2.24, 2.45) is 0 Å². The predicted molar refractivity (Wildman–Crippen MR) is 112 cm³/mol. The Bertz CT molecular complexity index is 1190. The third kappa shape index (κ3) is 4.25. The van der Waals surface area contributed by atoms with Crippen molar-refractivity contribution in [3.05, 3.63) is 77.9 Å². The van der Waals surface area contributed by atoms with E-state index in [0.29, 0.717) is 35.7 Å². The van der Waals surface area contributed by atoms with E-state index in [9.17, 15) is 13.2 Å². The zero-order chi connectivity index (χ0) is 20.4. The number of carbonyl (C=O) groups is 1. The summed E-state index contributed by atoms with van der Waals surface area (Å²) >= 11 is 0. The molecule has 3 aromatic rings. The fraction of sp³-hybridized carbons (Fsp3) is 0.136. The number of hydrogen-bond acceptors (Lipinski definition) is 4. The zero-order valence-electron chi connectivity index (χ0n) is 15.8. The van der Waals surface area contributed by atoms with E-state index in [0.717, 1.165) is 11.1 Å². The molecule has 1 amide bonds. The number of benzene rings is 3. The molecule has 3 aromatic carbocycles. The molecule has 1 aliphatic rings. The molecule has 0 atom stereocenters. The van der Waals surface area contributed by atoms with Crippen molar-refractivity contribution < 1.29 is 17.9 Å². The summed E-state index contributed by atoms with van der Waals surface area (Å²) in [4.78, 5) is 11.6. The molecule has 0 unspecified atom stereocenters. The number of sulfonamides is 1. The third-order valence-corrected chi connectivity index (χ3v) is 5.99. The van der Waals surface area contributed by atoms with Crippen LogP contribution in [0, 0.1) is 6.92 Å². The van der Waals surface area contributed by atoms with Crippen molar-refractivity contribution in [1.29, 1.82) is 0 Å². The molecule has 1 aliphatic heterocycles. The van der Waals surface area contributed by atoms with Gasteiger partial charge >= 0.3 is 0 Å². The Labute approximate surface area is 169 Å². The van der Waals surface area contributed by atoms with E-state index in [4.69, 9.17) is 4.74 Å². The summed E-state index contributed by atoms with van der Waals surface area (Å²) in [6.07, 6.45) is 0.856. The quantitative estimate of drug-likeness (QED) is 0.652. The molecular weight excluding hydrogens is 388 g/mol. The molecule has 0 bridgehead atoms. The van der Waals surface area contributed by atoms with Crippen molar-refractivity contribution in [2.45, 2.75) is 24.7 Å². The lowest BCUT2D eigenvalue weighted by Gasteiger charge is -2.18. The predicted octanol–water partition coefficient (Wildman–Crippen LogP) is 4.47. The number of hydrogen-bond donors (Lipinski definition) is 2. The van der Waals surface area contributed by atoms with Crippen LogP contribution < -0.4 is 14.8 Å². The second-order valence-corrected chi connectivity index (χ2v) is 8.57. The van der Waals surface area contributed by atoms with Gasteiger partial charge in [-0.3, -0.25) is 9.52 Å². The molecule has 0 spiro atoms. The minimum Gasteiger partial charge on any atom is -0.455 e. The molecule has 0 aliphatic carbocycles. The van der Waals surface area contributed by atoms with Crippen molar-refractivity contribution >= 4 is 27.3 Å². The molecule has 148 valence electrons. The van der Waals surface area contributed by atoms with Crippen LogP contribution in [0.3, 0.4) is 0 Å². The average Bonchev–Trinajstić information content (AvgIpc) is 2.69. The molecule has 0 saturated heterocycles. The number of aryl methyl sites for hydroxylation is 2. The SMILES string of the molecule is Cc1cccc(Oc2ccccc2NS(=O)(=O)c2ccc3c(c2)CCC(=O)N3)c1. The average molecular weight is 408 g/mol. The van der Waals surface area contributed by atoms with Crippen molar-refractivity contribution in [2.75, 3.05) is 10.0 Å². The van der Waals surface area contributed by atoms with E-state index in [-0.39, 0.29) is 10.8 Å². The number of rotatable bonds is 5. The largest absolute Gasteiger partial charge is 0.455 e. The highest BCUT2D eigenvalue weighted by Gasteiger charge is 2.21. The van der Waals surface area contributed by atoms with Crippen molar-refractivity contribution in [3.63, 3.8) is 0 Å². The van der Waals surface area contributed by atoms with Gasteiger partial charge in [0.25, 0.3) is 10.0 Å². The Morgan fingerprint density at radius 2 is 1.79 bits per heavy atom. The lowest BCUT2D eigenvalue weighted by molar-refractivity contribution is -0.116. The van der Waals surface area contributed by atoms with Crippen LogP contribution in [0.4, 0.5) is 11.4 Å². The van der Waals surface area contributed by atoms with Gasteiger partial charge in [0.1, 0.15) is 5.75 Å². The lowest BCUT2D eigenvalue weighted by atomic mass is 10.0. The Kier molecular flexibility index (Phi) is 4.98. The summed E-state index contributed by atoms with van der Waals surface area (Å²) in [5, 5.41) is 2.76. The van der Waals surface area contributed by atoms with Gasteiger partial charge in [-0.25, -0.2) is 8.42 Å². The second kappa shape index (κ2) is 7.60. The number of anilines is 2. The summed E-state index contributed by atoms with van der Waals surface area (Å²) in [5.41, 5.74) is 2.85. The zero-order valence-corrected chi connectivity index (χ0v) is 16.6. The van der Waals surface area contributed by atoms with Gasteiger partial charge in [-0.2, -0.15) is 0 Å². The van der Waals surface area contributed by atoms with Gasteiger partial charge < -0.3 is 10.1 Å². The Morgan fingerprint density at radius 1 is 0.966 bits per heavy atom. The minimum atomic E-state index is -3.83. The summed E-state index contributed by atoms with van der Waals surface area (Å²) in [6.45, 7) is 1.96. The van der Waals surface area contributed by atoms with E-state index < -0.39 is 10.0 Å². The summed E-state index contributed by atoms with van der Waals surface area (Å²) in [5.74, 6) is 0.974. The van der Waals surface area contributed by atoms with Crippen LogP contribution in [0.5, 0.6) is 11.5 Å². The molecule has 0 saturated carbocycles. The summed E-state index contributed by atoms with van der Waals surface area (Å²) in [6, 6.07) is 19.1. The van der Waals surface area contributed by atoms with Crippen LogP contribution in [0.2, 0.25) is 0 Å². The van der Waals surface area contributed by atoms with E-state index in [1.807, 2.05) is 31.2 Å². The molecule has 29 heavy (non-hydrogen) atoms. The highest BCUT2D eigenvalue weighted by atomic mass is 32.2. The first-order valence-corrected chi connectivity index (χ1v) is 10.7. The first-order valence-electron chi connectivity index (χ1n) is 9.20. The molecule has 6 nitrogen and oxygen atoms in total. The van der Waals surface area contributed by atoms with E-state index in [1.54, 1.807) is 36.4 Å². The van der Waals surface area contributed by atoms with Crippen molar-refractivity contribution in [3.8, 4) is 11.5 Å². The smallest absolute Gasteiger partial charge is 0.262 e. The number of fused-ring (bicyclic) bond motifs is 1. The van der Waals surface area contributed by atoms with E-state index >= 15 is 0 Å². The van der Waals surface area contributed by atoms with Crippen LogP contribution >= 0.6 is 0 Å². The molecule has 4 rings (SSSR count).